The quantitative estimate of drug-likeness (QED) is 0.509. The molecule has 168 valence electrons. The van der Waals surface area contributed by atoms with Crippen LogP contribution in [0.25, 0.3) is 0 Å². The molecule has 33 heavy (non-hydrogen) atoms. The lowest BCUT2D eigenvalue weighted by atomic mass is 10.0. The zero-order valence-corrected chi connectivity index (χ0v) is 17.9. The molecule has 1 saturated heterocycles. The van der Waals surface area contributed by atoms with Crippen molar-refractivity contribution in [1.29, 1.82) is 0 Å². The van der Waals surface area contributed by atoms with Crippen LogP contribution in [0.1, 0.15) is 16.8 Å². The Morgan fingerprint density at radius 3 is 2.30 bits per heavy atom. The van der Waals surface area contributed by atoms with Gasteiger partial charge in [-0.15, -0.1) is 0 Å². The molecule has 4 N–H and O–H groups in total. The third-order valence-corrected chi connectivity index (χ3v) is 5.46. The van der Waals surface area contributed by atoms with Crippen molar-refractivity contribution in [2.24, 2.45) is 17.4 Å². The molecule has 0 saturated carbocycles. The fraction of sp³-hybridized carbons (Fsp3) is 0.160. The lowest BCUT2D eigenvalue weighted by molar-refractivity contribution is -0.118. The highest BCUT2D eigenvalue weighted by Crippen LogP contribution is 2.33. The molecule has 0 radical (unpaired) electrons. The normalized spacial score (nSPS) is 17.4. The van der Waals surface area contributed by atoms with Gasteiger partial charge in [0.1, 0.15) is 34.4 Å². The average Bonchev–Trinajstić information content (AvgIpc) is 3.21. The van der Waals surface area contributed by atoms with E-state index < -0.39 is 12.1 Å². The summed E-state index contributed by atoms with van der Waals surface area (Å²) in [6, 6.07) is 18.0. The number of anilines is 1. The Kier molecular flexibility index (Phi) is 6.37. The Morgan fingerprint density at radius 1 is 1.03 bits per heavy atom. The molecule has 0 spiro atoms. The number of pyridine rings is 1. The molecule has 0 aliphatic carbocycles. The Labute approximate surface area is 191 Å². The molecule has 0 bridgehead atoms. The molecule has 2 aromatic carbocycles. The van der Waals surface area contributed by atoms with Crippen molar-refractivity contribution in [1.82, 2.24) is 4.98 Å². The monoisotopic (exact) mass is 444 g/mol. The van der Waals surface area contributed by atoms with Crippen LogP contribution in [0, 0.1) is 5.92 Å². The summed E-state index contributed by atoms with van der Waals surface area (Å²) in [6.07, 6.45) is 2.68. The largest absolute Gasteiger partial charge is 0.457 e. The number of hydrogen-bond donors (Lipinski definition) is 2. The Hall–Kier alpha value is -4.17. The minimum Gasteiger partial charge on any atom is -0.457 e. The molecule has 3 aromatic rings. The molecule has 2 atom stereocenters. The van der Waals surface area contributed by atoms with Crippen molar-refractivity contribution in [3.63, 3.8) is 0 Å². The molecule has 1 amide bonds. The van der Waals surface area contributed by atoms with E-state index in [4.69, 9.17) is 20.9 Å². The molecule has 1 fully saturated rings. The van der Waals surface area contributed by atoms with Crippen LogP contribution in [0.3, 0.4) is 0 Å². The molecule has 1 aromatic heterocycles. The number of para-hydroxylation sites is 1. The lowest BCUT2D eigenvalue weighted by Crippen LogP contribution is -2.43. The molecular weight excluding hydrogens is 420 g/mol. The molecule has 8 heteroatoms. The van der Waals surface area contributed by atoms with Gasteiger partial charge in [0.05, 0.1) is 12.1 Å². The van der Waals surface area contributed by atoms with Crippen LogP contribution in [0.4, 0.5) is 5.82 Å². The number of benzene rings is 2. The number of nitrogens with zero attached hydrogens (tertiary/aromatic N) is 2. The van der Waals surface area contributed by atoms with E-state index in [0.717, 1.165) is 5.75 Å². The van der Waals surface area contributed by atoms with Crippen LogP contribution in [0.15, 0.2) is 79.5 Å². The SMILES string of the molecule is C=CC(=O)C1CCN(c2cc(Oc3ccc(Oc4ccccc4)cc3)c(C(N)=O)cn2)C1N. The summed E-state index contributed by atoms with van der Waals surface area (Å²) in [7, 11) is 0. The van der Waals surface area contributed by atoms with Crippen LogP contribution in [-0.4, -0.2) is 29.4 Å². The summed E-state index contributed by atoms with van der Waals surface area (Å²) in [5.41, 5.74) is 11.9. The number of nitrogens with two attached hydrogens (primary N) is 2. The highest BCUT2D eigenvalue weighted by Gasteiger charge is 2.36. The molecule has 1 aliphatic heterocycles. The number of ketones is 1. The van der Waals surface area contributed by atoms with Gasteiger partial charge in [-0.25, -0.2) is 4.98 Å². The molecule has 1 aliphatic rings. The van der Waals surface area contributed by atoms with Crippen molar-refractivity contribution in [3.8, 4) is 23.0 Å². The van der Waals surface area contributed by atoms with Crippen LogP contribution >= 0.6 is 0 Å². The first-order chi connectivity index (χ1) is 16.0. The van der Waals surface area contributed by atoms with Crippen LogP contribution in [0.2, 0.25) is 0 Å². The zero-order chi connectivity index (χ0) is 23.4. The number of ether oxygens (including phenoxy) is 2. The second-order valence-electron chi connectivity index (χ2n) is 7.58. The van der Waals surface area contributed by atoms with E-state index in [1.165, 1.54) is 12.3 Å². The third-order valence-electron chi connectivity index (χ3n) is 5.46. The van der Waals surface area contributed by atoms with E-state index in [-0.39, 0.29) is 23.0 Å². The summed E-state index contributed by atoms with van der Waals surface area (Å²) >= 11 is 0. The van der Waals surface area contributed by atoms with Crippen LogP contribution < -0.4 is 25.8 Å². The van der Waals surface area contributed by atoms with Crippen molar-refractivity contribution < 1.29 is 19.1 Å². The van der Waals surface area contributed by atoms with Gasteiger partial charge in [0, 0.05) is 18.8 Å². The molecule has 2 unspecified atom stereocenters. The molecular formula is C25H24N4O4. The summed E-state index contributed by atoms with van der Waals surface area (Å²) in [6.45, 7) is 4.08. The zero-order valence-electron chi connectivity index (χ0n) is 17.9. The fourth-order valence-corrected chi connectivity index (χ4v) is 3.72. The first-order valence-electron chi connectivity index (χ1n) is 10.5. The Balaban J connectivity index is 1.55. The van der Waals surface area contributed by atoms with E-state index in [1.807, 2.05) is 30.3 Å². The van der Waals surface area contributed by atoms with Gasteiger partial charge in [0.2, 0.25) is 0 Å². The molecule has 2 heterocycles. The van der Waals surface area contributed by atoms with Gasteiger partial charge in [0.25, 0.3) is 5.91 Å². The second kappa shape index (κ2) is 9.54. The summed E-state index contributed by atoms with van der Waals surface area (Å²) in [5, 5.41) is 0. The predicted octanol–water partition coefficient (Wildman–Crippen LogP) is 3.63. The number of primary amides is 1. The number of rotatable bonds is 8. The van der Waals surface area contributed by atoms with E-state index >= 15 is 0 Å². The maximum absolute atomic E-state index is 12.1. The summed E-state index contributed by atoms with van der Waals surface area (Å²) < 4.78 is 11.7. The van der Waals surface area contributed by atoms with Gasteiger partial charge < -0.3 is 25.8 Å². The second-order valence-corrected chi connectivity index (χ2v) is 7.58. The summed E-state index contributed by atoms with van der Waals surface area (Å²) in [4.78, 5) is 30.1. The smallest absolute Gasteiger partial charge is 0.254 e. The number of aromatic nitrogens is 1. The Morgan fingerprint density at radius 2 is 1.67 bits per heavy atom. The third kappa shape index (κ3) is 4.86. The lowest BCUT2D eigenvalue weighted by Gasteiger charge is -2.25. The van der Waals surface area contributed by atoms with Crippen molar-refractivity contribution in [2.75, 3.05) is 11.4 Å². The maximum atomic E-state index is 12.1. The maximum Gasteiger partial charge on any atom is 0.254 e. The van der Waals surface area contributed by atoms with Gasteiger partial charge in [-0.2, -0.15) is 0 Å². The number of hydrogen-bond acceptors (Lipinski definition) is 7. The van der Waals surface area contributed by atoms with E-state index in [0.29, 0.717) is 30.3 Å². The predicted molar refractivity (Wildman–Crippen MR) is 124 cm³/mol. The van der Waals surface area contributed by atoms with Crippen LogP contribution in [0.5, 0.6) is 23.0 Å². The van der Waals surface area contributed by atoms with E-state index in [2.05, 4.69) is 11.6 Å². The fourth-order valence-electron chi connectivity index (χ4n) is 3.72. The first kappa shape index (κ1) is 22.0. The minimum atomic E-state index is -0.668. The standard InChI is InChI=1S/C25H24N4O4/c1-2-21(30)19-12-13-29(24(19)26)23-14-22(20(15-28-23)25(27)31)33-18-10-8-17(9-11-18)32-16-6-4-3-5-7-16/h2-11,14-15,19,24H,1,12-13,26H2,(H2,27,31). The van der Waals surface area contributed by atoms with E-state index in [9.17, 15) is 9.59 Å². The highest BCUT2D eigenvalue weighted by molar-refractivity contribution is 5.96. The van der Waals surface area contributed by atoms with Gasteiger partial charge in [-0.3, -0.25) is 9.59 Å². The summed E-state index contributed by atoms with van der Waals surface area (Å²) in [5.74, 6) is 1.45. The topological polar surface area (TPSA) is 121 Å². The molecule has 8 nitrogen and oxygen atoms in total. The first-order valence-corrected chi connectivity index (χ1v) is 10.5. The number of carbonyl (C=O) groups is 2. The minimum absolute atomic E-state index is 0.104. The number of allylic oxidation sites excluding steroid dienone is 1. The number of amides is 1. The van der Waals surface area contributed by atoms with Gasteiger partial charge >= 0.3 is 0 Å². The highest BCUT2D eigenvalue weighted by atomic mass is 16.5. The average molecular weight is 444 g/mol. The Bertz CT molecular complexity index is 1160. The van der Waals surface area contributed by atoms with E-state index in [1.54, 1.807) is 35.2 Å². The van der Waals surface area contributed by atoms with Gasteiger partial charge in [-0.05, 0) is 48.9 Å². The van der Waals surface area contributed by atoms with Crippen molar-refractivity contribution in [3.05, 3.63) is 85.1 Å². The molecule has 4 rings (SSSR count). The van der Waals surface area contributed by atoms with Gasteiger partial charge in [-0.1, -0.05) is 24.8 Å². The van der Waals surface area contributed by atoms with Gasteiger partial charge in [0.15, 0.2) is 5.78 Å². The van der Waals surface area contributed by atoms with Crippen LogP contribution in [-0.2, 0) is 4.79 Å². The van der Waals surface area contributed by atoms with Crippen molar-refractivity contribution in [2.45, 2.75) is 12.6 Å². The van der Waals surface area contributed by atoms with Crippen molar-refractivity contribution >= 4 is 17.5 Å². The number of carbonyl (C=O) groups excluding carboxylic acids is 2.